The number of anilines is 2. The van der Waals surface area contributed by atoms with Gasteiger partial charge >= 0.3 is 0 Å². The molecule has 0 saturated carbocycles. The minimum absolute atomic E-state index is 0.0291. The van der Waals surface area contributed by atoms with Crippen molar-refractivity contribution >= 4 is 23.1 Å². The van der Waals surface area contributed by atoms with Gasteiger partial charge in [-0.2, -0.15) is 0 Å². The van der Waals surface area contributed by atoms with Crippen molar-refractivity contribution in [2.45, 2.75) is 0 Å². The Kier molecular flexibility index (Phi) is 4.23. The summed E-state index contributed by atoms with van der Waals surface area (Å²) in [6.45, 7) is 0.228. The molecule has 0 fully saturated rings. The summed E-state index contributed by atoms with van der Waals surface area (Å²) in [5, 5.41) is 3.09. The van der Waals surface area contributed by atoms with Crippen LogP contribution in [-0.4, -0.2) is 24.8 Å². The first-order chi connectivity index (χ1) is 12.7. The summed E-state index contributed by atoms with van der Waals surface area (Å²) >= 11 is 0. The fourth-order valence-electron chi connectivity index (χ4n) is 3.26. The van der Waals surface area contributed by atoms with Crippen LogP contribution in [0.15, 0.2) is 78.9 Å². The number of amides is 1. The number of carbonyl (C=O) groups excluding carboxylic acids is 2. The normalized spacial score (nSPS) is 13.1. The molecule has 3 aromatic carbocycles. The van der Waals surface area contributed by atoms with Crippen LogP contribution in [0.25, 0.3) is 11.1 Å². The van der Waals surface area contributed by atoms with E-state index in [1.54, 1.807) is 4.90 Å². The van der Waals surface area contributed by atoms with Gasteiger partial charge in [-0.25, -0.2) is 0 Å². The van der Waals surface area contributed by atoms with Crippen LogP contribution in [0.2, 0.25) is 0 Å². The topological polar surface area (TPSA) is 49.4 Å². The van der Waals surface area contributed by atoms with Crippen molar-refractivity contribution in [2.24, 2.45) is 0 Å². The molecular weight excluding hydrogens is 324 g/mol. The first-order valence-electron chi connectivity index (χ1n) is 8.55. The van der Waals surface area contributed by atoms with Gasteiger partial charge in [0.1, 0.15) is 0 Å². The molecule has 0 unspecified atom stereocenters. The molecule has 1 N–H and O–H groups in total. The zero-order valence-corrected chi connectivity index (χ0v) is 14.2. The second-order valence-corrected chi connectivity index (χ2v) is 6.19. The van der Waals surface area contributed by atoms with Gasteiger partial charge in [0, 0.05) is 5.56 Å². The van der Waals surface area contributed by atoms with Crippen molar-refractivity contribution < 1.29 is 9.59 Å². The van der Waals surface area contributed by atoms with Gasteiger partial charge in [0.15, 0.2) is 5.78 Å². The van der Waals surface area contributed by atoms with Crippen LogP contribution in [0.4, 0.5) is 11.4 Å². The lowest BCUT2D eigenvalue weighted by Gasteiger charge is -2.29. The van der Waals surface area contributed by atoms with E-state index < -0.39 is 0 Å². The van der Waals surface area contributed by atoms with E-state index in [9.17, 15) is 9.59 Å². The molecule has 0 saturated heterocycles. The van der Waals surface area contributed by atoms with Gasteiger partial charge < -0.3 is 10.2 Å². The van der Waals surface area contributed by atoms with Crippen LogP contribution in [0, 0.1) is 0 Å². The van der Waals surface area contributed by atoms with Gasteiger partial charge in [0.25, 0.3) is 0 Å². The summed E-state index contributed by atoms with van der Waals surface area (Å²) in [4.78, 5) is 27.0. The molecule has 0 radical (unpaired) electrons. The van der Waals surface area contributed by atoms with Crippen LogP contribution in [-0.2, 0) is 4.79 Å². The van der Waals surface area contributed by atoms with E-state index in [0.29, 0.717) is 5.56 Å². The summed E-state index contributed by atoms with van der Waals surface area (Å²) < 4.78 is 0. The summed E-state index contributed by atoms with van der Waals surface area (Å²) in [6, 6.07) is 24.9. The van der Waals surface area contributed by atoms with Gasteiger partial charge in [-0.15, -0.1) is 0 Å². The molecule has 1 amide bonds. The second kappa shape index (κ2) is 6.84. The van der Waals surface area contributed by atoms with Crippen LogP contribution >= 0.6 is 0 Å². The van der Waals surface area contributed by atoms with Crippen LogP contribution in [0.3, 0.4) is 0 Å². The SMILES string of the molecule is O=C(CN1C(=O)CNc2ccccc21)c1ccccc1-c1ccccc1. The second-order valence-electron chi connectivity index (χ2n) is 6.19. The van der Waals surface area contributed by atoms with E-state index in [4.69, 9.17) is 0 Å². The first kappa shape index (κ1) is 16.1. The highest BCUT2D eigenvalue weighted by atomic mass is 16.2. The molecule has 26 heavy (non-hydrogen) atoms. The standard InChI is InChI=1S/C22H18N2O2/c25-21(15-24-20-13-7-6-12-19(20)23-14-22(24)26)18-11-5-4-10-17(18)16-8-2-1-3-9-16/h1-13,23H,14-15H2. The molecule has 4 nitrogen and oxygen atoms in total. The molecule has 0 aliphatic carbocycles. The van der Waals surface area contributed by atoms with Gasteiger partial charge in [0.2, 0.25) is 5.91 Å². The number of rotatable bonds is 4. The van der Waals surface area contributed by atoms with E-state index in [0.717, 1.165) is 22.5 Å². The monoisotopic (exact) mass is 342 g/mol. The Hall–Kier alpha value is -3.40. The van der Waals surface area contributed by atoms with Crippen LogP contribution in [0.1, 0.15) is 10.4 Å². The molecule has 4 rings (SSSR count). The number of carbonyl (C=O) groups is 2. The average molecular weight is 342 g/mol. The minimum Gasteiger partial charge on any atom is -0.374 e. The molecule has 1 aliphatic heterocycles. The van der Waals surface area contributed by atoms with Crippen molar-refractivity contribution in [3.8, 4) is 11.1 Å². The predicted octanol–water partition coefficient (Wildman–Crippen LogP) is 4.00. The average Bonchev–Trinajstić information content (AvgIpc) is 2.71. The van der Waals surface area contributed by atoms with Crippen molar-refractivity contribution in [3.05, 3.63) is 84.4 Å². The predicted molar refractivity (Wildman–Crippen MR) is 103 cm³/mol. The van der Waals surface area contributed by atoms with E-state index in [1.807, 2.05) is 78.9 Å². The number of Topliss-reactive ketones (excluding diaryl/α,β-unsaturated/α-hetero) is 1. The summed E-state index contributed by atoms with van der Waals surface area (Å²) in [5.74, 6) is -0.177. The highest BCUT2D eigenvalue weighted by molar-refractivity contribution is 6.11. The number of nitrogens with zero attached hydrogens (tertiary/aromatic N) is 1. The Balaban J connectivity index is 1.67. The fraction of sp³-hybridized carbons (Fsp3) is 0.0909. The van der Waals surface area contributed by atoms with E-state index in [1.165, 1.54) is 0 Å². The smallest absolute Gasteiger partial charge is 0.246 e. The van der Waals surface area contributed by atoms with Crippen LogP contribution < -0.4 is 10.2 Å². The molecule has 1 aliphatic rings. The Labute approximate surface area is 152 Å². The molecule has 0 atom stereocenters. The number of fused-ring (bicyclic) bond motifs is 1. The summed E-state index contributed by atoms with van der Waals surface area (Å²) in [6.07, 6.45) is 0. The highest BCUT2D eigenvalue weighted by Crippen LogP contribution is 2.30. The summed E-state index contributed by atoms with van der Waals surface area (Å²) in [7, 11) is 0. The Bertz CT molecular complexity index is 967. The molecular formula is C22H18N2O2. The maximum atomic E-state index is 13.0. The lowest BCUT2D eigenvalue weighted by atomic mass is 9.96. The molecule has 1 heterocycles. The molecule has 0 bridgehead atoms. The van der Waals surface area contributed by atoms with Crippen molar-refractivity contribution in [1.29, 1.82) is 0 Å². The Morgan fingerprint density at radius 1 is 0.885 bits per heavy atom. The lowest BCUT2D eigenvalue weighted by Crippen LogP contribution is -2.42. The van der Waals surface area contributed by atoms with Gasteiger partial charge in [-0.1, -0.05) is 66.7 Å². The van der Waals surface area contributed by atoms with Gasteiger partial charge in [-0.05, 0) is 23.3 Å². The number of benzene rings is 3. The maximum Gasteiger partial charge on any atom is 0.246 e. The largest absolute Gasteiger partial charge is 0.374 e. The zero-order chi connectivity index (χ0) is 17.9. The fourth-order valence-corrected chi connectivity index (χ4v) is 3.26. The summed E-state index contributed by atoms with van der Waals surface area (Å²) in [5.41, 5.74) is 4.12. The number of hydrogen-bond acceptors (Lipinski definition) is 3. The third kappa shape index (κ3) is 2.97. The molecule has 128 valence electrons. The van der Waals surface area contributed by atoms with Gasteiger partial charge in [0.05, 0.1) is 24.5 Å². The van der Waals surface area contributed by atoms with Crippen molar-refractivity contribution in [2.75, 3.05) is 23.3 Å². The minimum atomic E-state index is -0.103. The number of nitrogens with one attached hydrogen (secondary N) is 1. The molecule has 4 heteroatoms. The number of hydrogen-bond donors (Lipinski definition) is 1. The van der Waals surface area contributed by atoms with Crippen LogP contribution in [0.5, 0.6) is 0 Å². The maximum absolute atomic E-state index is 13.0. The van der Waals surface area contributed by atoms with Gasteiger partial charge in [-0.3, -0.25) is 9.59 Å². The number of para-hydroxylation sites is 2. The number of ketones is 1. The van der Waals surface area contributed by atoms with Crippen molar-refractivity contribution in [1.82, 2.24) is 0 Å². The Morgan fingerprint density at radius 2 is 1.58 bits per heavy atom. The van der Waals surface area contributed by atoms with E-state index in [-0.39, 0.29) is 24.8 Å². The highest BCUT2D eigenvalue weighted by Gasteiger charge is 2.26. The molecule has 0 spiro atoms. The third-order valence-corrected chi connectivity index (χ3v) is 4.54. The van der Waals surface area contributed by atoms with E-state index in [2.05, 4.69) is 5.32 Å². The first-order valence-corrected chi connectivity index (χ1v) is 8.55. The van der Waals surface area contributed by atoms with Crippen molar-refractivity contribution in [3.63, 3.8) is 0 Å². The van der Waals surface area contributed by atoms with E-state index >= 15 is 0 Å². The zero-order valence-electron chi connectivity index (χ0n) is 14.2. The molecule has 0 aromatic heterocycles. The third-order valence-electron chi connectivity index (χ3n) is 4.54. The quantitative estimate of drug-likeness (QED) is 0.729. The Morgan fingerprint density at radius 3 is 2.42 bits per heavy atom. The molecule has 3 aromatic rings. The lowest BCUT2D eigenvalue weighted by molar-refractivity contribution is -0.117.